The molecule has 172 valence electrons. The van der Waals surface area contributed by atoms with Crippen molar-refractivity contribution in [2.24, 2.45) is 17.8 Å². The van der Waals surface area contributed by atoms with Gasteiger partial charge in [-0.1, -0.05) is 50.3 Å². The molecule has 0 aromatic heterocycles. The smallest absolute Gasteiger partial charge is 0.299 e. The number of carbonyl (C=O) groups is 1. The average molecular weight is 437 g/mol. The van der Waals surface area contributed by atoms with Gasteiger partial charge in [-0.25, -0.2) is 0 Å². The number of unbranched alkanes of at least 4 members (excludes halogenated alkanes) is 1. The quantitative estimate of drug-likeness (QED) is 0.359. The summed E-state index contributed by atoms with van der Waals surface area (Å²) in [5.41, 5.74) is 0. The molecule has 0 saturated heterocycles. The Bertz CT molecular complexity index is 730. The van der Waals surface area contributed by atoms with Gasteiger partial charge in [-0.15, -0.1) is 0 Å². The molecule has 0 aliphatic heterocycles. The number of rotatable bonds is 12. The van der Waals surface area contributed by atoms with E-state index in [2.05, 4.69) is 0 Å². The molecule has 0 bridgehead atoms. The minimum atomic E-state index is -3.19. The van der Waals surface area contributed by atoms with E-state index in [9.17, 15) is 23.8 Å². The normalized spacial score (nSPS) is 24.5. The van der Waals surface area contributed by atoms with Crippen molar-refractivity contribution < 1.29 is 28.5 Å². The van der Waals surface area contributed by atoms with E-state index in [0.717, 1.165) is 18.9 Å². The summed E-state index contributed by atoms with van der Waals surface area (Å²) in [6, 6.07) is 8.41. The number of allylic oxidation sites excluding steroid dienone is 2. The van der Waals surface area contributed by atoms with Crippen LogP contribution in [0.3, 0.4) is 0 Å². The summed E-state index contributed by atoms with van der Waals surface area (Å²) in [4.78, 5) is 11.6. The number of aliphatic hydroxyl groups is 2. The van der Waals surface area contributed by atoms with Crippen LogP contribution in [0, 0.1) is 17.8 Å². The number of aliphatic hydroxyl groups excluding tert-OH is 2. The summed E-state index contributed by atoms with van der Waals surface area (Å²) < 4.78 is 33.6. The zero-order chi connectivity index (χ0) is 22.9. The first kappa shape index (κ1) is 25.2. The Morgan fingerprint density at radius 2 is 1.90 bits per heavy atom. The lowest BCUT2D eigenvalue weighted by atomic mass is 9.89. The molecular weight excluding hydrogens is 402 g/mol. The molecule has 1 aromatic carbocycles. The van der Waals surface area contributed by atoms with Gasteiger partial charge in [-0.05, 0) is 43.4 Å². The highest BCUT2D eigenvalue weighted by molar-refractivity contribution is 5.80. The van der Waals surface area contributed by atoms with Crippen LogP contribution in [0.4, 0.5) is 8.78 Å². The molecular formula is C25H34F2O4. The van der Waals surface area contributed by atoms with Crippen molar-refractivity contribution in [1.82, 2.24) is 0 Å². The van der Waals surface area contributed by atoms with Crippen LogP contribution in [0.2, 0.25) is 0 Å². The number of Topliss-reactive ketones (excluding diaryl/α,β-unsaturated/α-hetero) is 1. The second-order valence-electron chi connectivity index (χ2n) is 8.55. The summed E-state index contributed by atoms with van der Waals surface area (Å²) in [5.74, 6) is -3.42. The van der Waals surface area contributed by atoms with Gasteiger partial charge in [0.05, 0.1) is 12.2 Å². The zero-order valence-corrected chi connectivity index (χ0v) is 18.3. The third-order valence-corrected chi connectivity index (χ3v) is 5.67. The summed E-state index contributed by atoms with van der Waals surface area (Å²) in [7, 11) is 0. The first-order valence-electron chi connectivity index (χ1n) is 11.0. The van der Waals surface area contributed by atoms with E-state index in [1.54, 1.807) is 30.3 Å². The van der Waals surface area contributed by atoms with Crippen molar-refractivity contribution in [1.29, 1.82) is 0 Å². The van der Waals surface area contributed by atoms with Gasteiger partial charge in [0.15, 0.2) is 6.61 Å². The lowest BCUT2D eigenvalue weighted by Crippen LogP contribution is -2.25. The minimum Gasteiger partial charge on any atom is -0.487 e. The van der Waals surface area contributed by atoms with E-state index < -0.39 is 30.7 Å². The van der Waals surface area contributed by atoms with E-state index in [1.165, 1.54) is 6.08 Å². The highest BCUT2D eigenvalue weighted by Gasteiger charge is 2.40. The number of alkyl halides is 2. The van der Waals surface area contributed by atoms with Gasteiger partial charge >= 0.3 is 0 Å². The van der Waals surface area contributed by atoms with Crippen LogP contribution in [0.5, 0.6) is 5.75 Å². The largest absolute Gasteiger partial charge is 0.487 e. The first-order valence-corrected chi connectivity index (χ1v) is 11.0. The van der Waals surface area contributed by atoms with E-state index >= 15 is 0 Å². The van der Waals surface area contributed by atoms with Crippen molar-refractivity contribution in [3.63, 3.8) is 0 Å². The van der Waals surface area contributed by atoms with Crippen LogP contribution < -0.4 is 4.74 Å². The van der Waals surface area contributed by atoms with Gasteiger partial charge < -0.3 is 14.9 Å². The fourth-order valence-corrected chi connectivity index (χ4v) is 3.76. The molecule has 0 amide bonds. The first-order chi connectivity index (χ1) is 14.7. The maximum atomic E-state index is 14.2. The molecule has 2 N–H and O–H groups in total. The summed E-state index contributed by atoms with van der Waals surface area (Å²) in [6.07, 6.45) is 7.05. The highest BCUT2D eigenvalue weighted by Crippen LogP contribution is 2.37. The minimum absolute atomic E-state index is 0.0443. The lowest BCUT2D eigenvalue weighted by Gasteiger charge is -2.20. The maximum Gasteiger partial charge on any atom is 0.299 e. The van der Waals surface area contributed by atoms with Crippen LogP contribution >= 0.6 is 0 Å². The molecule has 4 nitrogen and oxygen atoms in total. The summed E-state index contributed by atoms with van der Waals surface area (Å²) >= 11 is 0. The third-order valence-electron chi connectivity index (χ3n) is 5.67. The molecule has 0 radical (unpaired) electrons. The Labute approximate surface area is 183 Å². The topological polar surface area (TPSA) is 66.8 Å². The van der Waals surface area contributed by atoms with E-state index in [-0.39, 0.29) is 24.0 Å². The number of hydrogen-bond donors (Lipinski definition) is 2. The molecule has 0 unspecified atom stereocenters. The molecule has 2 rings (SSSR count). The predicted octanol–water partition coefficient (Wildman–Crippen LogP) is 4.96. The number of halogens is 2. The molecule has 1 aliphatic carbocycles. The Balaban J connectivity index is 1.86. The van der Waals surface area contributed by atoms with Crippen LogP contribution in [-0.2, 0) is 4.79 Å². The van der Waals surface area contributed by atoms with E-state index in [0.29, 0.717) is 18.6 Å². The molecule has 1 fully saturated rings. The predicted molar refractivity (Wildman–Crippen MR) is 117 cm³/mol. The van der Waals surface area contributed by atoms with Crippen molar-refractivity contribution in [2.45, 2.75) is 64.1 Å². The number of carbonyl (C=O) groups excluding carboxylic acids is 1. The van der Waals surface area contributed by atoms with Crippen LogP contribution in [0.1, 0.15) is 46.0 Å². The Morgan fingerprint density at radius 3 is 2.58 bits per heavy atom. The second-order valence-corrected chi connectivity index (χ2v) is 8.55. The lowest BCUT2D eigenvalue weighted by molar-refractivity contribution is -0.121. The van der Waals surface area contributed by atoms with Gasteiger partial charge in [-0.3, -0.25) is 4.79 Å². The third kappa shape index (κ3) is 8.54. The molecule has 1 aliphatic rings. The van der Waals surface area contributed by atoms with Crippen molar-refractivity contribution in [3.05, 3.63) is 54.6 Å². The number of ether oxygens (including phenoxy) is 1. The van der Waals surface area contributed by atoms with Gasteiger partial charge in [-0.2, -0.15) is 8.78 Å². The number of hydrogen-bond acceptors (Lipinski definition) is 4. The van der Waals surface area contributed by atoms with Gasteiger partial charge in [0, 0.05) is 24.7 Å². The molecule has 6 heteroatoms. The molecule has 4 atom stereocenters. The standard InChI is InChI=1S/C25H34F2O4/c1-18(2)22(28)13-9-4-3-8-12-20-21(24(30)16-23(20)29)14-15-25(26,27)17-31-19-10-6-5-7-11-19/h3,5-8,10-11,14-15,18,20-21,23-24,29-30H,4,9,12-13,16-17H2,1-2H3/b8-3-,15-14+/t20-,21-,23+,24-/m1/s1. The number of benzene rings is 1. The zero-order valence-electron chi connectivity index (χ0n) is 18.3. The maximum absolute atomic E-state index is 14.2. The van der Waals surface area contributed by atoms with Crippen molar-refractivity contribution >= 4 is 5.78 Å². The Kier molecular flexibility index (Phi) is 9.85. The Hall–Kier alpha value is -2.05. The monoisotopic (exact) mass is 436 g/mol. The molecule has 1 saturated carbocycles. The fraction of sp³-hybridized carbons (Fsp3) is 0.560. The van der Waals surface area contributed by atoms with Crippen molar-refractivity contribution in [2.75, 3.05) is 6.61 Å². The van der Waals surface area contributed by atoms with Gasteiger partial charge in [0.2, 0.25) is 0 Å². The summed E-state index contributed by atoms with van der Waals surface area (Å²) in [6.45, 7) is 2.98. The van der Waals surface area contributed by atoms with Gasteiger partial charge in [0.25, 0.3) is 5.92 Å². The van der Waals surface area contributed by atoms with Crippen molar-refractivity contribution in [3.8, 4) is 5.75 Å². The van der Waals surface area contributed by atoms with Gasteiger partial charge in [0.1, 0.15) is 11.5 Å². The SMILES string of the molecule is CC(C)C(=O)CCC/C=C\C[C@@H]1[C@@H](/C=C/C(F)(F)COc2ccccc2)[C@H](O)C[C@@H]1O. The summed E-state index contributed by atoms with van der Waals surface area (Å²) in [5, 5.41) is 20.5. The average Bonchev–Trinajstić information content (AvgIpc) is 3.00. The number of para-hydroxylation sites is 1. The molecule has 31 heavy (non-hydrogen) atoms. The molecule has 1 aromatic rings. The van der Waals surface area contributed by atoms with E-state index in [4.69, 9.17) is 4.74 Å². The second kappa shape index (κ2) is 12.1. The van der Waals surface area contributed by atoms with E-state index in [1.807, 2.05) is 26.0 Å². The van der Waals surface area contributed by atoms with Crippen LogP contribution in [0.15, 0.2) is 54.6 Å². The van der Waals surface area contributed by atoms with Crippen LogP contribution in [0.25, 0.3) is 0 Å². The fourth-order valence-electron chi connectivity index (χ4n) is 3.76. The Morgan fingerprint density at radius 1 is 1.19 bits per heavy atom. The molecule has 0 heterocycles. The highest BCUT2D eigenvalue weighted by atomic mass is 19.3. The van der Waals surface area contributed by atoms with Crippen LogP contribution in [-0.4, -0.2) is 40.7 Å². The number of ketones is 1. The molecule has 0 spiro atoms.